The van der Waals surface area contributed by atoms with Gasteiger partial charge < -0.3 is 4.74 Å². The minimum Gasteiger partial charge on any atom is -0.465 e. The Balaban J connectivity index is 3.00. The molecule has 0 aliphatic heterocycles. The van der Waals surface area contributed by atoms with Crippen LogP contribution in [0.3, 0.4) is 0 Å². The van der Waals surface area contributed by atoms with Crippen LogP contribution in [0.1, 0.15) is 43.5 Å². The summed E-state index contributed by atoms with van der Waals surface area (Å²) in [5, 5.41) is -1.63. The minimum absolute atomic E-state index is 0.00250. The van der Waals surface area contributed by atoms with Gasteiger partial charge in [-0.1, -0.05) is 20.3 Å². The van der Waals surface area contributed by atoms with Crippen LogP contribution in [0.5, 0.6) is 0 Å². The molecule has 0 N–H and O–H groups in total. The third kappa shape index (κ3) is 5.25. The largest absolute Gasteiger partial charge is 0.465 e. The van der Waals surface area contributed by atoms with E-state index < -0.39 is 33.7 Å². The van der Waals surface area contributed by atoms with Gasteiger partial charge in [-0.15, -0.1) is 11.8 Å². The van der Waals surface area contributed by atoms with E-state index in [-0.39, 0.29) is 11.5 Å². The number of rotatable bonds is 8. The van der Waals surface area contributed by atoms with Gasteiger partial charge in [-0.2, -0.15) is 0 Å². The standard InChI is InChI=1S/C15H17ClF2O3S/c1-3-5-12(15(20)21-6-4-2)22-13-7-9(14(16)19)10(17)8-11(13)18/h7-8,12H,3-6H2,1-2H3. The third-order valence-corrected chi connectivity index (χ3v) is 4.25. The van der Waals surface area contributed by atoms with Crippen LogP contribution >= 0.6 is 23.4 Å². The molecule has 0 bridgehead atoms. The normalized spacial score (nSPS) is 12.0. The quantitative estimate of drug-likeness (QED) is 0.391. The van der Waals surface area contributed by atoms with Crippen LogP contribution in [-0.4, -0.2) is 23.1 Å². The maximum Gasteiger partial charge on any atom is 0.319 e. The number of carbonyl (C=O) groups excluding carboxylic acids is 2. The molecule has 0 spiro atoms. The lowest BCUT2D eigenvalue weighted by molar-refractivity contribution is -0.143. The number of carbonyl (C=O) groups is 2. The first-order valence-corrected chi connectivity index (χ1v) is 8.18. The van der Waals surface area contributed by atoms with Crippen molar-refractivity contribution in [2.75, 3.05) is 6.61 Å². The topological polar surface area (TPSA) is 43.4 Å². The van der Waals surface area contributed by atoms with Crippen molar-refractivity contribution in [2.45, 2.75) is 43.3 Å². The zero-order chi connectivity index (χ0) is 16.7. The molecule has 0 radical (unpaired) electrons. The molecular formula is C15H17ClF2O3S. The average Bonchev–Trinajstić information content (AvgIpc) is 2.46. The Kier molecular flexibility index (Phi) is 7.82. The summed E-state index contributed by atoms with van der Waals surface area (Å²) >= 11 is 6.17. The molecule has 3 nitrogen and oxygen atoms in total. The molecule has 1 unspecified atom stereocenters. The van der Waals surface area contributed by atoms with E-state index in [9.17, 15) is 18.4 Å². The van der Waals surface area contributed by atoms with E-state index >= 15 is 0 Å². The number of hydrogen-bond donors (Lipinski definition) is 0. The first-order valence-electron chi connectivity index (χ1n) is 6.92. The highest BCUT2D eigenvalue weighted by Crippen LogP contribution is 2.31. The predicted octanol–water partition coefficient (Wildman–Crippen LogP) is 4.56. The van der Waals surface area contributed by atoms with E-state index in [1.165, 1.54) is 0 Å². The summed E-state index contributed by atoms with van der Waals surface area (Å²) in [6.07, 6.45) is 1.86. The fourth-order valence-electron chi connectivity index (χ4n) is 1.71. The Bertz CT molecular complexity index is 552. The van der Waals surface area contributed by atoms with Crippen molar-refractivity contribution in [3.63, 3.8) is 0 Å². The maximum absolute atomic E-state index is 13.8. The van der Waals surface area contributed by atoms with E-state index in [0.717, 1.165) is 17.8 Å². The number of halogens is 3. The Morgan fingerprint density at radius 2 is 1.91 bits per heavy atom. The van der Waals surface area contributed by atoms with Gasteiger partial charge in [0.05, 0.1) is 12.2 Å². The molecule has 0 aliphatic rings. The summed E-state index contributed by atoms with van der Waals surface area (Å²) < 4.78 is 32.4. The van der Waals surface area contributed by atoms with Gasteiger partial charge in [-0.3, -0.25) is 9.59 Å². The molecule has 0 aromatic heterocycles. The zero-order valence-corrected chi connectivity index (χ0v) is 13.9. The van der Waals surface area contributed by atoms with Gasteiger partial charge >= 0.3 is 5.97 Å². The number of hydrogen-bond acceptors (Lipinski definition) is 4. The van der Waals surface area contributed by atoms with Gasteiger partial charge in [0.1, 0.15) is 16.9 Å². The highest BCUT2D eigenvalue weighted by atomic mass is 35.5. The Labute approximate surface area is 137 Å². The average molecular weight is 351 g/mol. The number of esters is 1. The van der Waals surface area contributed by atoms with Crippen LogP contribution in [0.25, 0.3) is 0 Å². The van der Waals surface area contributed by atoms with Crippen molar-refractivity contribution >= 4 is 34.6 Å². The van der Waals surface area contributed by atoms with Gasteiger partial charge in [0.15, 0.2) is 0 Å². The molecule has 1 atom stereocenters. The number of thioether (sulfide) groups is 1. The SMILES string of the molecule is CCCOC(=O)C(CCC)Sc1cc(C(=O)Cl)c(F)cc1F. The molecule has 1 aromatic rings. The lowest BCUT2D eigenvalue weighted by atomic mass is 10.2. The second-order valence-corrected chi connectivity index (χ2v) is 6.19. The second-order valence-electron chi connectivity index (χ2n) is 4.60. The molecule has 0 aliphatic carbocycles. The lowest BCUT2D eigenvalue weighted by Gasteiger charge is -2.15. The molecular weight excluding hydrogens is 334 g/mol. The van der Waals surface area contributed by atoms with E-state index in [0.29, 0.717) is 25.3 Å². The van der Waals surface area contributed by atoms with Crippen LogP contribution in [0, 0.1) is 11.6 Å². The third-order valence-electron chi connectivity index (χ3n) is 2.76. The smallest absolute Gasteiger partial charge is 0.319 e. The molecule has 1 rings (SSSR count). The number of ether oxygens (including phenoxy) is 1. The molecule has 0 heterocycles. The summed E-state index contributed by atoms with van der Waals surface area (Å²) in [4.78, 5) is 23.1. The zero-order valence-electron chi connectivity index (χ0n) is 12.3. The Hall–Kier alpha value is -1.14. The van der Waals surface area contributed by atoms with Crippen LogP contribution in [0.15, 0.2) is 17.0 Å². The van der Waals surface area contributed by atoms with Crippen molar-refractivity contribution < 1.29 is 23.1 Å². The van der Waals surface area contributed by atoms with E-state index in [2.05, 4.69) is 0 Å². The molecule has 0 saturated carbocycles. The highest BCUT2D eigenvalue weighted by molar-refractivity contribution is 8.00. The van der Waals surface area contributed by atoms with Crippen LogP contribution in [-0.2, 0) is 9.53 Å². The first kappa shape index (κ1) is 18.9. The Morgan fingerprint density at radius 1 is 1.23 bits per heavy atom. The van der Waals surface area contributed by atoms with E-state index in [4.69, 9.17) is 16.3 Å². The van der Waals surface area contributed by atoms with Crippen molar-refractivity contribution in [3.05, 3.63) is 29.3 Å². The van der Waals surface area contributed by atoms with Gasteiger partial charge in [-0.05, 0) is 30.5 Å². The summed E-state index contributed by atoms with van der Waals surface area (Å²) in [5.74, 6) is -2.31. The molecule has 7 heteroatoms. The van der Waals surface area contributed by atoms with E-state index in [1.807, 2.05) is 13.8 Å². The second kappa shape index (κ2) is 9.10. The summed E-state index contributed by atoms with van der Waals surface area (Å²) in [6.45, 7) is 4.04. The first-order chi connectivity index (χ1) is 10.4. The van der Waals surface area contributed by atoms with Crippen molar-refractivity contribution in [1.29, 1.82) is 0 Å². The lowest BCUT2D eigenvalue weighted by Crippen LogP contribution is -2.20. The summed E-state index contributed by atoms with van der Waals surface area (Å²) in [7, 11) is 0. The van der Waals surface area contributed by atoms with Crippen molar-refractivity contribution in [3.8, 4) is 0 Å². The molecule has 1 aromatic carbocycles. The predicted molar refractivity (Wildman–Crippen MR) is 82.3 cm³/mol. The van der Waals surface area contributed by atoms with Crippen LogP contribution in [0.2, 0.25) is 0 Å². The van der Waals surface area contributed by atoms with E-state index in [1.54, 1.807) is 0 Å². The molecule has 0 saturated heterocycles. The molecule has 122 valence electrons. The van der Waals surface area contributed by atoms with Crippen molar-refractivity contribution in [1.82, 2.24) is 0 Å². The van der Waals surface area contributed by atoms with Crippen LogP contribution < -0.4 is 0 Å². The highest BCUT2D eigenvalue weighted by Gasteiger charge is 2.24. The van der Waals surface area contributed by atoms with Gasteiger partial charge in [0.25, 0.3) is 5.24 Å². The summed E-state index contributed by atoms with van der Waals surface area (Å²) in [5.41, 5.74) is -0.414. The maximum atomic E-state index is 13.8. The Morgan fingerprint density at radius 3 is 2.45 bits per heavy atom. The number of benzene rings is 1. The monoisotopic (exact) mass is 350 g/mol. The molecule has 0 fully saturated rings. The fraction of sp³-hybridized carbons (Fsp3) is 0.467. The summed E-state index contributed by atoms with van der Waals surface area (Å²) in [6, 6.07) is 1.62. The fourth-order valence-corrected chi connectivity index (χ4v) is 3.03. The van der Waals surface area contributed by atoms with Gasteiger partial charge in [0.2, 0.25) is 0 Å². The van der Waals surface area contributed by atoms with Gasteiger partial charge in [-0.25, -0.2) is 8.78 Å². The van der Waals surface area contributed by atoms with Crippen LogP contribution in [0.4, 0.5) is 8.78 Å². The molecule has 0 amide bonds. The van der Waals surface area contributed by atoms with Crippen molar-refractivity contribution in [2.24, 2.45) is 0 Å². The van der Waals surface area contributed by atoms with Gasteiger partial charge in [0, 0.05) is 11.0 Å². The minimum atomic E-state index is -1.03. The molecule has 22 heavy (non-hydrogen) atoms.